The van der Waals surface area contributed by atoms with E-state index < -0.39 is 9.17 Å². The van der Waals surface area contributed by atoms with Crippen molar-refractivity contribution in [3.05, 3.63) is 71.6 Å². The number of anilines is 1. The van der Waals surface area contributed by atoms with Crippen LogP contribution in [0.4, 0.5) is 5.69 Å². The molecule has 0 spiro atoms. The summed E-state index contributed by atoms with van der Waals surface area (Å²) in [7, 11) is -3.13. The van der Waals surface area contributed by atoms with Crippen molar-refractivity contribution >= 4 is 31.8 Å². The van der Waals surface area contributed by atoms with Gasteiger partial charge in [-0.05, 0) is 64.4 Å². The molecule has 0 unspecified atom stereocenters. The maximum Gasteiger partial charge on any atom is 0.761 e. The zero-order valence-electron chi connectivity index (χ0n) is 25.5. The van der Waals surface area contributed by atoms with Gasteiger partial charge in [-0.1, -0.05) is 18.2 Å². The van der Waals surface area contributed by atoms with Crippen molar-refractivity contribution in [2.24, 2.45) is 0 Å². The van der Waals surface area contributed by atoms with Gasteiger partial charge in [0.25, 0.3) is 0 Å². The summed E-state index contributed by atoms with van der Waals surface area (Å²) in [6.45, 7) is 14.5. The van der Waals surface area contributed by atoms with Gasteiger partial charge in [-0.3, -0.25) is 4.46 Å². The summed E-state index contributed by atoms with van der Waals surface area (Å²) in [4.78, 5) is 29.5. The fraction of sp³-hybridized carbons (Fsp3) is 0.333. The number of esters is 1. The summed E-state index contributed by atoms with van der Waals surface area (Å²) < 4.78 is 23.0. The molecule has 2 aromatic rings. The standard InChI is InChI=1S/C30H35N2O3.Mo.H2O3Si.4H2O/c1-6-31(7-2)21-15-17-25-27(19-21)35-28-20-22(32(8-3)9-4)16-18-26(28)29(25)23-13-11-12-14-24(23)30(33)34-10-5;;1-4(2)3;;;;/h11-20H,6-10H2,1-5H3;;1-2H;4*1H2/q+1;;;;;;/p-2. The summed E-state index contributed by atoms with van der Waals surface area (Å²) in [5, 5.41) is 2.09. The third kappa shape index (κ3) is 10.3. The van der Waals surface area contributed by atoms with Crippen molar-refractivity contribution in [1.29, 1.82) is 0 Å². The van der Waals surface area contributed by atoms with Gasteiger partial charge in [-0.15, -0.1) is 0 Å². The zero-order chi connectivity index (χ0) is 28.5. The van der Waals surface area contributed by atoms with Crippen LogP contribution in [0.3, 0.4) is 0 Å². The first-order valence-corrected chi connectivity index (χ1v) is 14.6. The summed E-state index contributed by atoms with van der Waals surface area (Å²) in [6.07, 6.45) is 0. The van der Waals surface area contributed by atoms with Crippen LogP contribution in [0.1, 0.15) is 45.0 Å². The maximum absolute atomic E-state index is 12.9. The van der Waals surface area contributed by atoms with E-state index in [-0.39, 0.29) is 48.9 Å². The molecule has 4 rings (SSSR count). The van der Waals surface area contributed by atoms with E-state index >= 15 is 0 Å². The molecule has 1 heterocycles. The second kappa shape index (κ2) is 21.3. The third-order valence-corrected chi connectivity index (χ3v) is 6.64. The molecule has 244 valence electrons. The topological polar surface area (TPSA) is 226 Å². The zero-order valence-corrected chi connectivity index (χ0v) is 28.5. The summed E-state index contributed by atoms with van der Waals surface area (Å²) in [5.74, 6) is 0.483. The molecule has 0 bridgehead atoms. The van der Waals surface area contributed by atoms with Crippen molar-refractivity contribution in [2.45, 2.75) is 34.6 Å². The number of ether oxygens (including phenoxy) is 1. The molecule has 8 N–H and O–H groups in total. The van der Waals surface area contributed by atoms with Gasteiger partial charge >= 0.3 is 15.1 Å². The predicted molar refractivity (Wildman–Crippen MR) is 166 cm³/mol. The molecule has 0 amide bonds. The molecule has 2 aromatic carbocycles. The first-order chi connectivity index (χ1) is 18.8. The number of carbonyl (C=O) groups excluding carboxylic acids is 1. The second-order valence-electron chi connectivity index (χ2n) is 8.73. The molecule has 0 saturated carbocycles. The number of carbonyl (C=O) groups is 1. The van der Waals surface area contributed by atoms with E-state index in [2.05, 4.69) is 73.6 Å². The van der Waals surface area contributed by atoms with E-state index in [4.69, 9.17) is 23.2 Å². The van der Waals surface area contributed by atoms with Crippen molar-refractivity contribution in [1.82, 2.24) is 4.58 Å². The Morgan fingerprint density at radius 1 is 0.886 bits per heavy atom. The molecule has 1 aliphatic heterocycles. The van der Waals surface area contributed by atoms with Crippen molar-refractivity contribution < 1.29 is 71.0 Å². The second-order valence-corrected chi connectivity index (χ2v) is 9.30. The van der Waals surface area contributed by atoms with Crippen LogP contribution in [0, 0.1) is 0 Å². The molecule has 12 nitrogen and oxygen atoms in total. The van der Waals surface area contributed by atoms with E-state index in [0.29, 0.717) is 12.2 Å². The van der Waals surface area contributed by atoms with Crippen LogP contribution in [0.15, 0.2) is 65.1 Å². The van der Waals surface area contributed by atoms with Crippen LogP contribution >= 0.6 is 0 Å². The molecule has 44 heavy (non-hydrogen) atoms. The Balaban J connectivity index is -0.00000176. The Hall–Kier alpha value is -3.45. The Morgan fingerprint density at radius 3 is 2.02 bits per heavy atom. The van der Waals surface area contributed by atoms with E-state index in [1.165, 1.54) is 0 Å². The number of hydrogen-bond donors (Lipinski definition) is 2. The van der Waals surface area contributed by atoms with Gasteiger partial charge in [0.15, 0.2) is 0 Å². The van der Waals surface area contributed by atoms with Crippen LogP contribution in [-0.2, 0) is 30.3 Å². The third-order valence-electron chi connectivity index (χ3n) is 6.64. The van der Waals surface area contributed by atoms with Gasteiger partial charge in [0.1, 0.15) is 24.4 Å². The van der Waals surface area contributed by atoms with Gasteiger partial charge in [-0.2, -0.15) is 0 Å². The van der Waals surface area contributed by atoms with E-state index in [1.54, 1.807) is 0 Å². The SMILES string of the molecule is CCOC(=O)c1ccccc1-c1c2ccc(=[N+](CC)CC)cc-2oc2cc(N(CC)CC)ccc12.O.O.O=[Si](O)O.[Mo].[OH-].[OH-]. The fourth-order valence-corrected chi connectivity index (χ4v) is 4.82. The minimum Gasteiger partial charge on any atom is -0.870 e. The largest absolute Gasteiger partial charge is 0.870 e. The molecule has 2 aliphatic rings. The van der Waals surface area contributed by atoms with Gasteiger partial charge in [0.05, 0.1) is 18.2 Å². The van der Waals surface area contributed by atoms with Crippen molar-refractivity contribution in [2.75, 3.05) is 37.7 Å². The summed E-state index contributed by atoms with van der Waals surface area (Å²) in [6, 6.07) is 20.4. The molecule has 14 heteroatoms. The molecule has 0 aromatic heterocycles. The van der Waals surface area contributed by atoms with Crippen LogP contribution in [0.2, 0.25) is 0 Å². The first kappa shape index (κ1) is 45.0. The molecule has 0 atom stereocenters. The molecule has 0 radical (unpaired) electrons. The molecule has 0 fully saturated rings. The monoisotopic (exact) mass is 717 g/mol. The Labute approximate surface area is 273 Å². The molecule has 0 saturated heterocycles. The summed E-state index contributed by atoms with van der Waals surface area (Å²) >= 11 is 0. The van der Waals surface area contributed by atoms with E-state index in [0.717, 1.165) is 70.6 Å². The van der Waals surface area contributed by atoms with Crippen LogP contribution in [0.5, 0.6) is 0 Å². The molecule has 1 aliphatic carbocycles. The van der Waals surface area contributed by atoms with Crippen molar-refractivity contribution in [3.63, 3.8) is 0 Å². The Kier molecular flexibility index (Phi) is 21.8. The van der Waals surface area contributed by atoms with E-state index in [9.17, 15) is 4.79 Å². The summed E-state index contributed by atoms with van der Waals surface area (Å²) in [5.41, 5.74) is 5.29. The minimum atomic E-state index is -3.13. The normalized spacial score (nSPS) is 9.39. The number of benzene rings is 3. The van der Waals surface area contributed by atoms with E-state index in [1.807, 2.05) is 31.2 Å². The average Bonchev–Trinajstić information content (AvgIpc) is 2.93. The smallest absolute Gasteiger partial charge is 0.761 e. The number of rotatable bonds is 8. The maximum atomic E-state index is 12.9. The first-order valence-electron chi connectivity index (χ1n) is 13.3. The van der Waals surface area contributed by atoms with Gasteiger partial charge < -0.3 is 45.6 Å². The minimum absolute atomic E-state index is 0. The van der Waals surface area contributed by atoms with Gasteiger partial charge in [0, 0.05) is 68.5 Å². The molecular weight excluding hydrogens is 672 g/mol. The number of fused-ring (bicyclic) bond motifs is 2. The quantitative estimate of drug-likeness (QED) is 0.118. The Bertz CT molecular complexity index is 1500. The fourth-order valence-electron chi connectivity index (χ4n) is 4.82. The number of nitrogens with zero attached hydrogens (tertiary/aromatic N) is 2. The van der Waals surface area contributed by atoms with Crippen LogP contribution in [0.25, 0.3) is 33.4 Å². The molecular formula is C30H43MoN2O10Si-. The van der Waals surface area contributed by atoms with Gasteiger partial charge in [-0.25, -0.2) is 9.37 Å². The number of hydrogen-bond acceptors (Lipinski definition) is 7. The van der Waals surface area contributed by atoms with Crippen LogP contribution in [-0.4, -0.2) is 79.4 Å². The Morgan fingerprint density at radius 2 is 1.48 bits per heavy atom. The van der Waals surface area contributed by atoms with Crippen LogP contribution < -0.4 is 14.8 Å². The predicted octanol–water partition coefficient (Wildman–Crippen LogP) is 2.42. The van der Waals surface area contributed by atoms with Gasteiger partial charge in [0.2, 0.25) is 5.36 Å². The van der Waals surface area contributed by atoms with Crippen molar-refractivity contribution in [3.8, 4) is 22.5 Å². The average molecular weight is 716 g/mol.